The van der Waals surface area contributed by atoms with Crippen LogP contribution in [0.25, 0.3) is 0 Å². The summed E-state index contributed by atoms with van der Waals surface area (Å²) in [5.74, 6) is -0.869. The number of nitrogens with one attached hydrogen (secondary N) is 1. The maximum atomic E-state index is 13.1. The monoisotopic (exact) mass is 317 g/mol. The summed E-state index contributed by atoms with van der Waals surface area (Å²) in [6.07, 6.45) is 1.10. The van der Waals surface area contributed by atoms with Gasteiger partial charge in [0.25, 0.3) is 5.91 Å². The van der Waals surface area contributed by atoms with Crippen molar-refractivity contribution in [2.75, 3.05) is 6.54 Å². The third-order valence-electron chi connectivity index (χ3n) is 3.02. The Morgan fingerprint density at radius 1 is 1.39 bits per heavy atom. The van der Waals surface area contributed by atoms with Gasteiger partial charge in [0.1, 0.15) is 5.82 Å². The zero-order valence-electron chi connectivity index (χ0n) is 10.5. The van der Waals surface area contributed by atoms with E-state index >= 15 is 0 Å². The first-order valence-electron chi connectivity index (χ1n) is 5.87. The van der Waals surface area contributed by atoms with E-state index in [4.69, 9.17) is 0 Å². The van der Waals surface area contributed by atoms with Gasteiger partial charge in [-0.2, -0.15) is 0 Å². The summed E-state index contributed by atoms with van der Waals surface area (Å²) in [5.41, 5.74) is -0.670. The van der Waals surface area contributed by atoms with Gasteiger partial charge in [-0.3, -0.25) is 4.79 Å². The Bertz CT molecular complexity index is 413. The minimum absolute atomic E-state index is 0.160. The van der Waals surface area contributed by atoms with Crippen molar-refractivity contribution in [3.8, 4) is 0 Å². The zero-order chi connectivity index (χ0) is 13.8. The van der Waals surface area contributed by atoms with Gasteiger partial charge in [0.15, 0.2) is 0 Å². The molecule has 2 N–H and O–H groups in total. The molecule has 1 amide bonds. The summed E-state index contributed by atoms with van der Waals surface area (Å²) in [7, 11) is 0. The second kappa shape index (κ2) is 6.29. The second-order valence-corrected chi connectivity index (χ2v) is 5.19. The van der Waals surface area contributed by atoms with Crippen molar-refractivity contribution in [3.05, 3.63) is 34.1 Å². The Balaban J connectivity index is 2.71. The summed E-state index contributed by atoms with van der Waals surface area (Å²) in [5, 5.41) is 12.7. The third-order valence-corrected chi connectivity index (χ3v) is 3.48. The summed E-state index contributed by atoms with van der Waals surface area (Å²) < 4.78 is 13.6. The summed E-state index contributed by atoms with van der Waals surface area (Å²) in [4.78, 5) is 11.8. The quantitative estimate of drug-likeness (QED) is 0.877. The molecule has 0 heterocycles. The van der Waals surface area contributed by atoms with Gasteiger partial charge in [-0.05, 0) is 31.0 Å². The Hall–Kier alpha value is -0.940. The van der Waals surface area contributed by atoms with Crippen molar-refractivity contribution in [2.24, 2.45) is 0 Å². The Kier molecular flexibility index (Phi) is 5.28. The van der Waals surface area contributed by atoms with Crippen LogP contribution in [0.1, 0.15) is 37.0 Å². The molecule has 0 aliphatic rings. The van der Waals surface area contributed by atoms with E-state index in [1.807, 2.05) is 13.8 Å². The SMILES string of the molecule is CCC(O)(CC)CNC(=O)c1cc(F)cc(Br)c1. The maximum Gasteiger partial charge on any atom is 0.251 e. The molecule has 0 saturated carbocycles. The molecule has 5 heteroatoms. The molecule has 1 aromatic rings. The number of amides is 1. The number of halogens is 2. The number of hydrogen-bond acceptors (Lipinski definition) is 2. The lowest BCUT2D eigenvalue weighted by Crippen LogP contribution is -2.42. The smallest absolute Gasteiger partial charge is 0.251 e. The molecule has 0 spiro atoms. The second-order valence-electron chi connectivity index (χ2n) is 4.27. The van der Waals surface area contributed by atoms with Crippen LogP contribution in [0.15, 0.2) is 22.7 Å². The molecule has 1 rings (SSSR count). The van der Waals surface area contributed by atoms with E-state index in [1.54, 1.807) is 0 Å². The molecule has 18 heavy (non-hydrogen) atoms. The predicted octanol–water partition coefficient (Wildman–Crippen LogP) is 2.87. The molecule has 0 radical (unpaired) electrons. The topological polar surface area (TPSA) is 49.3 Å². The van der Waals surface area contributed by atoms with E-state index < -0.39 is 17.3 Å². The van der Waals surface area contributed by atoms with Gasteiger partial charge < -0.3 is 10.4 Å². The Labute approximate surface area is 115 Å². The Morgan fingerprint density at radius 2 is 2.00 bits per heavy atom. The first-order chi connectivity index (χ1) is 8.40. The number of aliphatic hydroxyl groups is 1. The number of rotatable bonds is 5. The number of hydrogen-bond donors (Lipinski definition) is 2. The average Bonchev–Trinajstić information content (AvgIpc) is 2.34. The lowest BCUT2D eigenvalue weighted by Gasteiger charge is -2.25. The van der Waals surface area contributed by atoms with Crippen LogP contribution in [0.5, 0.6) is 0 Å². The van der Waals surface area contributed by atoms with E-state index in [0.717, 1.165) is 6.07 Å². The highest BCUT2D eigenvalue weighted by Gasteiger charge is 2.23. The number of carbonyl (C=O) groups excluding carboxylic acids is 1. The fourth-order valence-corrected chi connectivity index (χ4v) is 2.00. The minimum Gasteiger partial charge on any atom is -0.388 e. The highest BCUT2D eigenvalue weighted by atomic mass is 79.9. The lowest BCUT2D eigenvalue weighted by atomic mass is 9.97. The standard InChI is InChI=1S/C13H17BrFNO2/c1-3-13(18,4-2)8-16-12(17)9-5-10(14)7-11(15)6-9/h5-7,18H,3-4,8H2,1-2H3,(H,16,17). The van der Waals surface area contributed by atoms with Crippen molar-refractivity contribution < 1.29 is 14.3 Å². The molecule has 0 fully saturated rings. The van der Waals surface area contributed by atoms with Crippen molar-refractivity contribution in [2.45, 2.75) is 32.3 Å². The molecule has 0 bridgehead atoms. The van der Waals surface area contributed by atoms with Crippen molar-refractivity contribution >= 4 is 21.8 Å². The highest BCUT2D eigenvalue weighted by molar-refractivity contribution is 9.10. The van der Waals surface area contributed by atoms with Crippen LogP contribution in [0.2, 0.25) is 0 Å². The normalized spacial score (nSPS) is 11.4. The largest absolute Gasteiger partial charge is 0.388 e. The first kappa shape index (κ1) is 15.1. The van der Waals surface area contributed by atoms with Gasteiger partial charge >= 0.3 is 0 Å². The van der Waals surface area contributed by atoms with E-state index in [2.05, 4.69) is 21.2 Å². The molecule has 0 saturated heterocycles. The van der Waals surface area contributed by atoms with Crippen LogP contribution in [-0.4, -0.2) is 23.2 Å². The predicted molar refractivity (Wildman–Crippen MR) is 72.0 cm³/mol. The van der Waals surface area contributed by atoms with Gasteiger partial charge in [0.05, 0.1) is 5.60 Å². The fraction of sp³-hybridized carbons (Fsp3) is 0.462. The van der Waals surface area contributed by atoms with Gasteiger partial charge in [-0.25, -0.2) is 4.39 Å². The van der Waals surface area contributed by atoms with E-state index in [9.17, 15) is 14.3 Å². The molecule has 0 aliphatic heterocycles. The number of benzene rings is 1. The van der Waals surface area contributed by atoms with Crippen molar-refractivity contribution in [1.29, 1.82) is 0 Å². The van der Waals surface area contributed by atoms with Crippen LogP contribution >= 0.6 is 15.9 Å². The summed E-state index contributed by atoms with van der Waals surface area (Å²) in [6, 6.07) is 3.98. The minimum atomic E-state index is -0.903. The van der Waals surface area contributed by atoms with Crippen molar-refractivity contribution in [1.82, 2.24) is 5.32 Å². The molecule has 0 aliphatic carbocycles. The molecule has 0 aromatic heterocycles. The molecule has 0 atom stereocenters. The van der Waals surface area contributed by atoms with Crippen LogP contribution < -0.4 is 5.32 Å². The zero-order valence-corrected chi connectivity index (χ0v) is 12.1. The molecule has 100 valence electrons. The highest BCUT2D eigenvalue weighted by Crippen LogP contribution is 2.16. The first-order valence-corrected chi connectivity index (χ1v) is 6.66. The molecular formula is C13H17BrFNO2. The van der Waals surface area contributed by atoms with Crippen LogP contribution in [-0.2, 0) is 0 Å². The molecule has 1 aromatic carbocycles. The van der Waals surface area contributed by atoms with E-state index in [0.29, 0.717) is 17.3 Å². The van der Waals surface area contributed by atoms with E-state index in [1.165, 1.54) is 12.1 Å². The van der Waals surface area contributed by atoms with Crippen LogP contribution in [0.3, 0.4) is 0 Å². The molecule has 0 unspecified atom stereocenters. The third kappa shape index (κ3) is 4.07. The van der Waals surface area contributed by atoms with Gasteiger partial charge in [-0.1, -0.05) is 29.8 Å². The van der Waals surface area contributed by atoms with Gasteiger partial charge in [-0.15, -0.1) is 0 Å². The van der Waals surface area contributed by atoms with Gasteiger partial charge in [0.2, 0.25) is 0 Å². The Morgan fingerprint density at radius 3 is 2.50 bits per heavy atom. The maximum absolute atomic E-state index is 13.1. The van der Waals surface area contributed by atoms with Crippen molar-refractivity contribution in [3.63, 3.8) is 0 Å². The summed E-state index contributed by atoms with van der Waals surface area (Å²) >= 11 is 3.13. The van der Waals surface area contributed by atoms with Crippen LogP contribution in [0, 0.1) is 5.82 Å². The lowest BCUT2D eigenvalue weighted by molar-refractivity contribution is 0.0314. The van der Waals surface area contributed by atoms with E-state index in [-0.39, 0.29) is 12.1 Å². The molecule has 3 nitrogen and oxygen atoms in total. The van der Waals surface area contributed by atoms with Crippen LogP contribution in [0.4, 0.5) is 4.39 Å². The summed E-state index contributed by atoms with van der Waals surface area (Å²) in [6.45, 7) is 3.87. The molecular weight excluding hydrogens is 301 g/mol. The van der Waals surface area contributed by atoms with Gasteiger partial charge in [0, 0.05) is 16.6 Å². The average molecular weight is 318 g/mol. The number of carbonyl (C=O) groups is 1. The fourth-order valence-electron chi connectivity index (χ4n) is 1.53.